The molecule has 2 nitrogen and oxygen atoms in total. The van der Waals surface area contributed by atoms with Crippen molar-refractivity contribution in [2.45, 2.75) is 43.9 Å². The van der Waals surface area contributed by atoms with Gasteiger partial charge in [0.05, 0.1) is 0 Å². The average Bonchev–Trinajstić information content (AvgIpc) is 2.89. The predicted molar refractivity (Wildman–Crippen MR) is 77.2 cm³/mol. The highest BCUT2D eigenvalue weighted by atomic mass is 15.1. The molecule has 98 valence electrons. The van der Waals surface area contributed by atoms with Gasteiger partial charge in [-0.05, 0) is 42.9 Å². The molecule has 0 unspecified atom stereocenters. The molecule has 1 aliphatic carbocycles. The number of hydrogen-bond donors (Lipinski definition) is 1. The summed E-state index contributed by atoms with van der Waals surface area (Å²) in [7, 11) is 2.21. The van der Waals surface area contributed by atoms with Crippen LogP contribution < -0.4 is 10.6 Å². The van der Waals surface area contributed by atoms with Gasteiger partial charge in [-0.1, -0.05) is 25.0 Å². The van der Waals surface area contributed by atoms with Gasteiger partial charge in [0.15, 0.2) is 0 Å². The van der Waals surface area contributed by atoms with E-state index in [1.807, 2.05) is 0 Å². The van der Waals surface area contributed by atoms with Crippen LogP contribution in [0.15, 0.2) is 18.2 Å². The van der Waals surface area contributed by atoms with Crippen LogP contribution in [0.4, 0.5) is 5.69 Å². The van der Waals surface area contributed by atoms with Crippen LogP contribution in [0, 0.1) is 0 Å². The van der Waals surface area contributed by atoms with Gasteiger partial charge in [0.2, 0.25) is 0 Å². The summed E-state index contributed by atoms with van der Waals surface area (Å²) < 4.78 is 0. The lowest BCUT2D eigenvalue weighted by atomic mass is 9.78. The molecule has 2 N–H and O–H groups in total. The number of anilines is 1. The Morgan fingerprint density at radius 1 is 1.22 bits per heavy atom. The van der Waals surface area contributed by atoms with E-state index in [0.717, 1.165) is 6.54 Å². The molecule has 2 aliphatic rings. The quantitative estimate of drug-likeness (QED) is 0.867. The van der Waals surface area contributed by atoms with Gasteiger partial charge in [0.1, 0.15) is 0 Å². The Labute approximate surface area is 110 Å². The third-order valence-corrected chi connectivity index (χ3v) is 5.00. The molecular weight excluding hydrogens is 220 g/mol. The van der Waals surface area contributed by atoms with E-state index in [9.17, 15) is 0 Å². The predicted octanol–water partition coefficient (Wildman–Crippen LogP) is 2.84. The molecule has 1 aliphatic heterocycles. The minimum Gasteiger partial charge on any atom is -0.374 e. The Morgan fingerprint density at radius 2 is 2.00 bits per heavy atom. The van der Waals surface area contributed by atoms with Gasteiger partial charge < -0.3 is 10.6 Å². The third-order valence-electron chi connectivity index (χ3n) is 5.00. The van der Waals surface area contributed by atoms with Crippen molar-refractivity contribution >= 4 is 5.69 Å². The first-order valence-corrected chi connectivity index (χ1v) is 7.30. The standard InChI is InChI=1S/C16H24N2/c1-18-10-4-5-13-6-7-14(11-15(13)18)16(12-17)8-2-3-9-16/h6-7,11H,2-5,8-10,12,17H2,1H3. The monoisotopic (exact) mass is 244 g/mol. The summed E-state index contributed by atoms with van der Waals surface area (Å²) in [6.07, 6.45) is 7.73. The molecule has 2 heteroatoms. The maximum Gasteiger partial charge on any atom is 0.0399 e. The van der Waals surface area contributed by atoms with E-state index >= 15 is 0 Å². The van der Waals surface area contributed by atoms with E-state index in [2.05, 4.69) is 30.1 Å². The van der Waals surface area contributed by atoms with Crippen molar-refractivity contribution in [2.75, 3.05) is 25.0 Å². The summed E-state index contributed by atoms with van der Waals surface area (Å²) in [5.41, 5.74) is 10.8. The zero-order valence-electron chi connectivity index (χ0n) is 11.4. The zero-order chi connectivity index (χ0) is 12.6. The van der Waals surface area contributed by atoms with E-state index in [1.54, 1.807) is 0 Å². The van der Waals surface area contributed by atoms with Gasteiger partial charge in [0.25, 0.3) is 0 Å². The molecule has 1 aromatic carbocycles. The number of rotatable bonds is 2. The Hall–Kier alpha value is -1.02. The fraction of sp³-hybridized carbons (Fsp3) is 0.625. The Morgan fingerprint density at radius 3 is 2.72 bits per heavy atom. The van der Waals surface area contributed by atoms with Crippen LogP contribution in [0.25, 0.3) is 0 Å². The highest BCUT2D eigenvalue weighted by Gasteiger charge is 2.34. The summed E-state index contributed by atoms with van der Waals surface area (Å²) in [5.74, 6) is 0. The molecule has 0 amide bonds. The van der Waals surface area contributed by atoms with Crippen LogP contribution in [-0.4, -0.2) is 20.1 Å². The second kappa shape index (κ2) is 4.58. The van der Waals surface area contributed by atoms with E-state index in [0.29, 0.717) is 0 Å². The second-order valence-corrected chi connectivity index (χ2v) is 6.06. The highest BCUT2D eigenvalue weighted by molar-refractivity contribution is 5.58. The molecule has 0 radical (unpaired) electrons. The summed E-state index contributed by atoms with van der Waals surface area (Å²) in [6, 6.07) is 7.11. The topological polar surface area (TPSA) is 29.3 Å². The summed E-state index contributed by atoms with van der Waals surface area (Å²) in [4.78, 5) is 2.40. The van der Waals surface area contributed by atoms with Gasteiger partial charge in [0, 0.05) is 31.2 Å². The molecule has 1 fully saturated rings. The van der Waals surface area contributed by atoms with Crippen molar-refractivity contribution in [1.82, 2.24) is 0 Å². The van der Waals surface area contributed by atoms with Crippen molar-refractivity contribution in [3.63, 3.8) is 0 Å². The van der Waals surface area contributed by atoms with E-state index in [1.165, 1.54) is 61.9 Å². The first kappa shape index (κ1) is 12.0. The second-order valence-electron chi connectivity index (χ2n) is 6.06. The van der Waals surface area contributed by atoms with Gasteiger partial charge >= 0.3 is 0 Å². The lowest BCUT2D eigenvalue weighted by Gasteiger charge is -2.32. The molecule has 0 bridgehead atoms. The van der Waals surface area contributed by atoms with Gasteiger partial charge in [-0.15, -0.1) is 0 Å². The fourth-order valence-electron chi connectivity index (χ4n) is 3.75. The molecular formula is C16H24N2. The maximum absolute atomic E-state index is 6.10. The lowest BCUT2D eigenvalue weighted by molar-refractivity contribution is 0.453. The summed E-state index contributed by atoms with van der Waals surface area (Å²) in [6.45, 7) is 1.99. The number of aryl methyl sites for hydroxylation is 1. The largest absolute Gasteiger partial charge is 0.374 e. The highest BCUT2D eigenvalue weighted by Crippen LogP contribution is 2.42. The van der Waals surface area contributed by atoms with Crippen molar-refractivity contribution in [3.8, 4) is 0 Å². The van der Waals surface area contributed by atoms with E-state index in [4.69, 9.17) is 5.73 Å². The third kappa shape index (κ3) is 1.83. The SMILES string of the molecule is CN1CCCc2ccc(C3(CN)CCCC3)cc21. The zero-order valence-corrected chi connectivity index (χ0v) is 11.4. The maximum atomic E-state index is 6.10. The number of benzene rings is 1. The molecule has 0 atom stereocenters. The number of nitrogens with two attached hydrogens (primary N) is 1. The molecule has 1 saturated carbocycles. The van der Waals surface area contributed by atoms with Crippen LogP contribution in [0.5, 0.6) is 0 Å². The number of nitrogens with zero attached hydrogens (tertiary/aromatic N) is 1. The number of hydrogen-bond acceptors (Lipinski definition) is 2. The number of fused-ring (bicyclic) bond motifs is 1. The van der Waals surface area contributed by atoms with Crippen LogP contribution in [-0.2, 0) is 11.8 Å². The van der Waals surface area contributed by atoms with E-state index < -0.39 is 0 Å². The molecule has 1 aromatic rings. The van der Waals surface area contributed by atoms with Crippen LogP contribution in [0.2, 0.25) is 0 Å². The van der Waals surface area contributed by atoms with Crippen LogP contribution >= 0.6 is 0 Å². The van der Waals surface area contributed by atoms with Crippen molar-refractivity contribution in [3.05, 3.63) is 29.3 Å². The summed E-state index contributed by atoms with van der Waals surface area (Å²) in [5, 5.41) is 0. The van der Waals surface area contributed by atoms with Crippen molar-refractivity contribution in [1.29, 1.82) is 0 Å². The van der Waals surface area contributed by atoms with Crippen molar-refractivity contribution in [2.24, 2.45) is 5.73 Å². The lowest BCUT2D eigenvalue weighted by Crippen LogP contribution is -2.33. The first-order chi connectivity index (χ1) is 8.75. The molecule has 18 heavy (non-hydrogen) atoms. The molecule has 0 saturated heterocycles. The van der Waals surface area contributed by atoms with Gasteiger partial charge in [-0.3, -0.25) is 0 Å². The van der Waals surface area contributed by atoms with E-state index in [-0.39, 0.29) is 5.41 Å². The molecule has 3 rings (SSSR count). The molecule has 1 heterocycles. The minimum atomic E-state index is 0.271. The van der Waals surface area contributed by atoms with Gasteiger partial charge in [-0.25, -0.2) is 0 Å². The minimum absolute atomic E-state index is 0.271. The Balaban J connectivity index is 2.00. The molecule has 0 spiro atoms. The first-order valence-electron chi connectivity index (χ1n) is 7.30. The van der Waals surface area contributed by atoms with Crippen LogP contribution in [0.3, 0.4) is 0 Å². The fourth-order valence-corrected chi connectivity index (χ4v) is 3.75. The van der Waals surface area contributed by atoms with Crippen LogP contribution in [0.1, 0.15) is 43.2 Å². The van der Waals surface area contributed by atoms with Crippen molar-refractivity contribution < 1.29 is 0 Å². The smallest absolute Gasteiger partial charge is 0.0399 e. The summed E-state index contributed by atoms with van der Waals surface area (Å²) >= 11 is 0. The Bertz CT molecular complexity index is 433. The normalized spacial score (nSPS) is 22.0. The molecule has 0 aromatic heterocycles. The van der Waals surface area contributed by atoms with Gasteiger partial charge in [-0.2, -0.15) is 0 Å². The average molecular weight is 244 g/mol. The Kier molecular flexibility index (Phi) is 3.06.